The minimum atomic E-state index is -0.148. The number of hydrogen-bond donors (Lipinski definition) is 1. The number of pyridine rings is 1. The van der Waals surface area contributed by atoms with Gasteiger partial charge in [0.1, 0.15) is 5.69 Å². The van der Waals surface area contributed by atoms with Crippen LogP contribution in [0.1, 0.15) is 17.0 Å². The van der Waals surface area contributed by atoms with Crippen molar-refractivity contribution in [1.29, 1.82) is 0 Å². The summed E-state index contributed by atoms with van der Waals surface area (Å²) in [7, 11) is 1.67. The molecule has 3 heterocycles. The van der Waals surface area contributed by atoms with Crippen LogP contribution in [0.5, 0.6) is 0 Å². The maximum Gasteiger partial charge on any atom is 0.322 e. The van der Waals surface area contributed by atoms with E-state index in [4.69, 9.17) is 4.74 Å². The molecule has 8 nitrogen and oxygen atoms in total. The number of rotatable bonds is 4. The lowest BCUT2D eigenvalue weighted by atomic mass is 10.1. The first-order valence-corrected chi connectivity index (χ1v) is 8.97. The Kier molecular flexibility index (Phi) is 4.72. The molecule has 0 saturated carbocycles. The number of benzene rings is 1. The molecular weight excluding hydrogens is 344 g/mol. The van der Waals surface area contributed by atoms with Gasteiger partial charge in [0.15, 0.2) is 0 Å². The fourth-order valence-electron chi connectivity index (χ4n) is 3.43. The summed E-state index contributed by atoms with van der Waals surface area (Å²) in [5, 5.41) is 12.4. The first kappa shape index (κ1) is 17.4. The zero-order valence-corrected chi connectivity index (χ0v) is 15.5. The van der Waals surface area contributed by atoms with E-state index in [0.717, 1.165) is 40.0 Å². The molecule has 2 aromatic heterocycles. The fourth-order valence-corrected chi connectivity index (χ4v) is 3.43. The number of ether oxygens (including phenoxy) is 1. The average molecular weight is 366 g/mol. The van der Waals surface area contributed by atoms with E-state index < -0.39 is 0 Å². The first-order valence-electron chi connectivity index (χ1n) is 8.97. The Bertz CT molecular complexity index is 983. The second-order valence-electron chi connectivity index (χ2n) is 6.69. The molecule has 0 spiro atoms. The second kappa shape index (κ2) is 7.32. The predicted octanol–water partition coefficient (Wildman–Crippen LogP) is 2.37. The van der Waals surface area contributed by atoms with Gasteiger partial charge < -0.3 is 15.0 Å². The van der Waals surface area contributed by atoms with Crippen LogP contribution >= 0.6 is 0 Å². The Morgan fingerprint density at radius 3 is 3.11 bits per heavy atom. The van der Waals surface area contributed by atoms with Gasteiger partial charge >= 0.3 is 6.03 Å². The van der Waals surface area contributed by atoms with Crippen LogP contribution < -0.4 is 5.32 Å². The van der Waals surface area contributed by atoms with Gasteiger partial charge in [-0.05, 0) is 30.7 Å². The number of amides is 2. The molecule has 8 heteroatoms. The zero-order valence-electron chi connectivity index (χ0n) is 15.5. The number of anilines is 1. The highest BCUT2D eigenvalue weighted by Gasteiger charge is 2.25. The van der Waals surface area contributed by atoms with E-state index in [-0.39, 0.29) is 6.03 Å². The normalized spacial score (nSPS) is 13.6. The van der Waals surface area contributed by atoms with Gasteiger partial charge in [-0.15, -0.1) is 5.10 Å². The smallest absolute Gasteiger partial charge is 0.322 e. The summed E-state index contributed by atoms with van der Waals surface area (Å²) >= 11 is 0. The Morgan fingerprint density at radius 1 is 1.37 bits per heavy atom. The molecule has 1 aliphatic rings. The summed E-state index contributed by atoms with van der Waals surface area (Å²) in [6.07, 6.45) is 2.46. The van der Waals surface area contributed by atoms with Crippen molar-refractivity contribution >= 4 is 22.6 Å². The van der Waals surface area contributed by atoms with Gasteiger partial charge in [-0.3, -0.25) is 4.98 Å². The van der Waals surface area contributed by atoms with Crippen LogP contribution in [-0.2, 0) is 24.2 Å². The van der Waals surface area contributed by atoms with E-state index in [2.05, 4.69) is 26.7 Å². The minimum Gasteiger partial charge on any atom is -0.383 e. The maximum absolute atomic E-state index is 12.8. The highest BCUT2D eigenvalue weighted by molar-refractivity contribution is 6.00. The summed E-state index contributed by atoms with van der Waals surface area (Å²) in [6, 6.07) is 7.75. The van der Waals surface area contributed by atoms with Gasteiger partial charge in [-0.1, -0.05) is 11.3 Å². The summed E-state index contributed by atoms with van der Waals surface area (Å²) in [4.78, 5) is 19.0. The Labute approximate surface area is 157 Å². The quantitative estimate of drug-likeness (QED) is 0.766. The monoisotopic (exact) mass is 366 g/mol. The van der Waals surface area contributed by atoms with E-state index in [9.17, 15) is 4.79 Å². The van der Waals surface area contributed by atoms with Crippen molar-refractivity contribution in [2.24, 2.45) is 0 Å². The molecule has 1 N–H and O–H groups in total. The van der Waals surface area contributed by atoms with Crippen LogP contribution in [0.3, 0.4) is 0 Å². The lowest BCUT2D eigenvalue weighted by molar-refractivity contribution is 0.180. The molecule has 0 bridgehead atoms. The maximum atomic E-state index is 12.8. The third-order valence-electron chi connectivity index (χ3n) is 4.76. The zero-order chi connectivity index (χ0) is 18.8. The van der Waals surface area contributed by atoms with Crippen molar-refractivity contribution in [2.45, 2.75) is 26.4 Å². The summed E-state index contributed by atoms with van der Waals surface area (Å²) in [5.41, 5.74) is 4.52. The molecule has 0 radical (unpaired) electrons. The van der Waals surface area contributed by atoms with Gasteiger partial charge in [0, 0.05) is 31.7 Å². The Hall–Kier alpha value is -3.00. The van der Waals surface area contributed by atoms with Gasteiger partial charge in [-0.2, -0.15) is 0 Å². The SMILES string of the molecule is COCCn1nnc2c1CCN(C(=O)Nc1cc(C)cc3cccnc13)C2. The molecule has 3 aromatic rings. The van der Waals surface area contributed by atoms with Gasteiger partial charge in [0.2, 0.25) is 0 Å². The van der Waals surface area contributed by atoms with Crippen LogP contribution in [0, 0.1) is 6.92 Å². The van der Waals surface area contributed by atoms with E-state index in [1.807, 2.05) is 29.8 Å². The highest BCUT2D eigenvalue weighted by atomic mass is 16.5. The standard InChI is InChI=1S/C19H22N6O2/c1-13-10-14-4-3-6-20-18(14)15(11-13)21-19(26)24-7-5-17-16(12-24)22-23-25(17)8-9-27-2/h3-4,6,10-11H,5,7-9,12H2,1-2H3,(H,21,26). The number of carbonyl (C=O) groups excluding carboxylic acids is 1. The molecule has 0 saturated heterocycles. The van der Waals surface area contributed by atoms with Gasteiger partial charge in [0.05, 0.1) is 36.6 Å². The molecule has 1 aromatic carbocycles. The number of nitrogens with one attached hydrogen (secondary N) is 1. The van der Waals surface area contributed by atoms with Crippen molar-refractivity contribution in [3.63, 3.8) is 0 Å². The van der Waals surface area contributed by atoms with Crippen molar-refractivity contribution in [2.75, 3.05) is 25.6 Å². The fraction of sp³-hybridized carbons (Fsp3) is 0.368. The molecule has 140 valence electrons. The highest BCUT2D eigenvalue weighted by Crippen LogP contribution is 2.24. The summed E-state index contributed by atoms with van der Waals surface area (Å²) < 4.78 is 6.97. The van der Waals surface area contributed by atoms with Crippen molar-refractivity contribution in [1.82, 2.24) is 24.9 Å². The molecular formula is C19H22N6O2. The molecule has 2 amide bonds. The van der Waals surface area contributed by atoms with Crippen LogP contribution in [0.25, 0.3) is 10.9 Å². The molecule has 0 fully saturated rings. The predicted molar refractivity (Wildman–Crippen MR) is 102 cm³/mol. The van der Waals surface area contributed by atoms with Crippen molar-refractivity contribution < 1.29 is 9.53 Å². The summed E-state index contributed by atoms with van der Waals surface area (Å²) in [5.74, 6) is 0. The van der Waals surface area contributed by atoms with Crippen LogP contribution in [0.4, 0.5) is 10.5 Å². The minimum absolute atomic E-state index is 0.148. The number of aryl methyl sites for hydroxylation is 1. The number of urea groups is 1. The van der Waals surface area contributed by atoms with E-state index >= 15 is 0 Å². The number of fused-ring (bicyclic) bond motifs is 2. The lowest BCUT2D eigenvalue weighted by Gasteiger charge is -2.26. The van der Waals surface area contributed by atoms with Crippen molar-refractivity contribution in [3.8, 4) is 0 Å². The van der Waals surface area contributed by atoms with E-state index in [0.29, 0.717) is 26.2 Å². The molecule has 0 aliphatic carbocycles. The van der Waals surface area contributed by atoms with Crippen LogP contribution in [0.15, 0.2) is 30.5 Å². The van der Waals surface area contributed by atoms with Crippen LogP contribution in [-0.4, -0.2) is 51.2 Å². The number of carbonyl (C=O) groups is 1. The number of nitrogens with zero attached hydrogens (tertiary/aromatic N) is 5. The Balaban J connectivity index is 1.51. The lowest BCUT2D eigenvalue weighted by Crippen LogP contribution is -2.39. The first-order chi connectivity index (χ1) is 13.2. The van der Waals surface area contributed by atoms with Gasteiger partial charge in [0.25, 0.3) is 0 Å². The second-order valence-corrected chi connectivity index (χ2v) is 6.69. The van der Waals surface area contributed by atoms with E-state index in [1.165, 1.54) is 0 Å². The number of methoxy groups -OCH3 is 1. The average Bonchev–Trinajstić information content (AvgIpc) is 3.08. The topological polar surface area (TPSA) is 85.2 Å². The third kappa shape index (κ3) is 3.48. The van der Waals surface area contributed by atoms with Gasteiger partial charge in [-0.25, -0.2) is 9.48 Å². The number of hydrogen-bond acceptors (Lipinski definition) is 5. The van der Waals surface area contributed by atoms with Crippen molar-refractivity contribution in [3.05, 3.63) is 47.4 Å². The molecule has 27 heavy (non-hydrogen) atoms. The largest absolute Gasteiger partial charge is 0.383 e. The molecule has 1 aliphatic heterocycles. The third-order valence-corrected chi connectivity index (χ3v) is 4.76. The molecule has 0 unspecified atom stereocenters. The number of aromatic nitrogens is 4. The molecule has 4 rings (SSSR count). The summed E-state index contributed by atoms with van der Waals surface area (Å²) in [6.45, 7) is 4.34. The molecule has 0 atom stereocenters. The Morgan fingerprint density at radius 2 is 2.26 bits per heavy atom. The van der Waals surface area contributed by atoms with Crippen LogP contribution in [0.2, 0.25) is 0 Å². The van der Waals surface area contributed by atoms with E-state index in [1.54, 1.807) is 18.2 Å².